The average molecular weight is 378 g/mol. The molecule has 3 N–H and O–H groups in total. The Bertz CT molecular complexity index is 1060. The van der Waals surface area contributed by atoms with Crippen molar-refractivity contribution >= 4 is 40.0 Å². The van der Waals surface area contributed by atoms with E-state index >= 15 is 0 Å². The number of nitrogens with zero attached hydrogens (tertiary/aromatic N) is 2. The van der Waals surface area contributed by atoms with E-state index in [0.717, 1.165) is 30.2 Å². The first-order valence-corrected chi connectivity index (χ1v) is 9.22. The molecule has 2 heterocycles. The molecular weight excluding hydrogens is 358 g/mol. The molecule has 5 nitrogen and oxygen atoms in total. The predicted octanol–water partition coefficient (Wildman–Crippen LogP) is 5.32. The summed E-state index contributed by atoms with van der Waals surface area (Å²) in [7, 11) is 0. The lowest BCUT2D eigenvalue weighted by molar-refractivity contribution is 1.00. The second kappa shape index (κ2) is 7.68. The van der Waals surface area contributed by atoms with E-state index in [1.54, 1.807) is 0 Å². The molecule has 0 unspecified atom stereocenters. The molecular formula is C21H20ClN5. The second-order valence-corrected chi connectivity index (χ2v) is 6.82. The molecule has 0 bridgehead atoms. The van der Waals surface area contributed by atoms with Crippen molar-refractivity contribution in [2.24, 2.45) is 0 Å². The van der Waals surface area contributed by atoms with Crippen LogP contribution in [0.25, 0.3) is 10.9 Å². The first-order chi connectivity index (χ1) is 13.2. The monoisotopic (exact) mass is 377 g/mol. The van der Waals surface area contributed by atoms with Crippen LogP contribution in [0.15, 0.2) is 60.8 Å². The number of anilines is 3. The zero-order chi connectivity index (χ0) is 18.6. The van der Waals surface area contributed by atoms with Gasteiger partial charge in [-0.1, -0.05) is 29.8 Å². The highest BCUT2D eigenvalue weighted by molar-refractivity contribution is 6.30. The number of nitrogens with one attached hydrogen (secondary N) is 3. The number of aromatic amines is 1. The Balaban J connectivity index is 1.43. The fourth-order valence-corrected chi connectivity index (χ4v) is 3.17. The van der Waals surface area contributed by atoms with Gasteiger partial charge < -0.3 is 15.6 Å². The summed E-state index contributed by atoms with van der Waals surface area (Å²) in [6.07, 6.45) is 2.98. The van der Waals surface area contributed by atoms with Gasteiger partial charge in [-0.3, -0.25) is 0 Å². The number of aromatic nitrogens is 3. The molecule has 0 aliphatic carbocycles. The highest BCUT2D eigenvalue weighted by Crippen LogP contribution is 2.20. The summed E-state index contributed by atoms with van der Waals surface area (Å²) in [5, 5.41) is 8.58. The lowest BCUT2D eigenvalue weighted by Crippen LogP contribution is -2.08. The lowest BCUT2D eigenvalue weighted by atomic mass is 10.1. The Morgan fingerprint density at radius 3 is 2.70 bits per heavy atom. The highest BCUT2D eigenvalue weighted by Gasteiger charge is 2.05. The highest BCUT2D eigenvalue weighted by atomic mass is 35.5. The first kappa shape index (κ1) is 17.4. The maximum absolute atomic E-state index is 5.93. The number of hydrogen-bond donors (Lipinski definition) is 3. The Morgan fingerprint density at radius 2 is 1.85 bits per heavy atom. The largest absolute Gasteiger partial charge is 0.370 e. The summed E-state index contributed by atoms with van der Waals surface area (Å²) in [5.74, 6) is 1.37. The van der Waals surface area contributed by atoms with Gasteiger partial charge in [-0.25, -0.2) is 4.98 Å². The smallest absolute Gasteiger partial charge is 0.229 e. The molecule has 2 aromatic carbocycles. The van der Waals surface area contributed by atoms with E-state index in [2.05, 4.69) is 50.0 Å². The van der Waals surface area contributed by atoms with Crippen LogP contribution in [0.3, 0.4) is 0 Å². The molecule has 136 valence electrons. The summed E-state index contributed by atoms with van der Waals surface area (Å²) in [5.41, 5.74) is 4.26. The number of H-pyrrole nitrogens is 1. The SMILES string of the molecule is Cc1cc(NCCc2c[nH]c3ccccc23)nc(Nc2ccc(Cl)cc2)n1. The predicted molar refractivity (Wildman–Crippen MR) is 112 cm³/mol. The Labute approximate surface area is 162 Å². The molecule has 6 heteroatoms. The minimum absolute atomic E-state index is 0.562. The van der Waals surface area contributed by atoms with Gasteiger partial charge in [-0.05, 0) is 49.2 Å². The summed E-state index contributed by atoms with van der Waals surface area (Å²) in [6, 6.07) is 17.8. The third-order valence-corrected chi connectivity index (χ3v) is 4.58. The van der Waals surface area contributed by atoms with Gasteiger partial charge in [-0.2, -0.15) is 4.98 Å². The first-order valence-electron chi connectivity index (χ1n) is 8.84. The maximum atomic E-state index is 5.93. The van der Waals surface area contributed by atoms with E-state index in [0.29, 0.717) is 11.0 Å². The third-order valence-electron chi connectivity index (χ3n) is 4.33. The number of benzene rings is 2. The van der Waals surface area contributed by atoms with Gasteiger partial charge >= 0.3 is 0 Å². The zero-order valence-corrected chi connectivity index (χ0v) is 15.7. The van der Waals surface area contributed by atoms with Gasteiger partial charge in [0.2, 0.25) is 5.95 Å². The van der Waals surface area contributed by atoms with E-state index < -0.39 is 0 Å². The van der Waals surface area contributed by atoms with Crippen LogP contribution in [-0.2, 0) is 6.42 Å². The Morgan fingerprint density at radius 1 is 1.04 bits per heavy atom. The van der Waals surface area contributed by atoms with E-state index in [1.165, 1.54) is 16.5 Å². The molecule has 4 rings (SSSR count). The van der Waals surface area contributed by atoms with Gasteiger partial charge in [-0.15, -0.1) is 0 Å². The number of hydrogen-bond acceptors (Lipinski definition) is 4. The van der Waals surface area contributed by atoms with Gasteiger partial charge in [0.1, 0.15) is 5.82 Å². The minimum Gasteiger partial charge on any atom is -0.370 e. The second-order valence-electron chi connectivity index (χ2n) is 6.39. The van der Waals surface area contributed by atoms with Crippen LogP contribution in [0, 0.1) is 6.92 Å². The van der Waals surface area contributed by atoms with Crippen LogP contribution >= 0.6 is 11.6 Å². The molecule has 0 saturated heterocycles. The molecule has 4 aromatic rings. The van der Waals surface area contributed by atoms with E-state index in [1.807, 2.05) is 43.3 Å². The van der Waals surface area contributed by atoms with Crippen LogP contribution in [0.2, 0.25) is 5.02 Å². The molecule has 0 fully saturated rings. The number of halogens is 1. The molecule has 0 atom stereocenters. The van der Waals surface area contributed by atoms with Crippen molar-refractivity contribution in [3.8, 4) is 0 Å². The van der Waals surface area contributed by atoms with Crippen molar-refractivity contribution in [3.63, 3.8) is 0 Å². The average Bonchev–Trinajstić information content (AvgIpc) is 3.07. The van der Waals surface area contributed by atoms with Crippen molar-refractivity contribution in [1.82, 2.24) is 15.0 Å². The summed E-state index contributed by atoms with van der Waals surface area (Å²) >= 11 is 5.93. The topological polar surface area (TPSA) is 65.6 Å². The van der Waals surface area contributed by atoms with E-state index in [4.69, 9.17) is 11.6 Å². The third kappa shape index (κ3) is 4.20. The van der Waals surface area contributed by atoms with E-state index in [-0.39, 0.29) is 0 Å². The molecule has 0 radical (unpaired) electrons. The van der Waals surface area contributed by atoms with Crippen molar-refractivity contribution in [2.45, 2.75) is 13.3 Å². The van der Waals surface area contributed by atoms with Crippen molar-refractivity contribution in [2.75, 3.05) is 17.2 Å². The summed E-state index contributed by atoms with van der Waals surface area (Å²) in [6.45, 7) is 2.75. The van der Waals surface area contributed by atoms with Gasteiger partial charge in [0.15, 0.2) is 0 Å². The molecule has 0 amide bonds. The summed E-state index contributed by atoms with van der Waals surface area (Å²) in [4.78, 5) is 12.3. The van der Waals surface area contributed by atoms with Gasteiger partial charge in [0, 0.05) is 46.1 Å². The standard InChI is InChI=1S/C21H20ClN5/c1-14-12-20(27-21(25-14)26-17-8-6-16(22)7-9-17)23-11-10-15-13-24-19-5-3-2-4-18(15)19/h2-9,12-13,24H,10-11H2,1H3,(H2,23,25,26,27). The molecule has 0 saturated carbocycles. The van der Waals surface area contributed by atoms with Gasteiger partial charge in [0.25, 0.3) is 0 Å². The normalized spacial score (nSPS) is 10.9. The molecule has 0 aliphatic rings. The van der Waals surface area contributed by atoms with Crippen LogP contribution in [-0.4, -0.2) is 21.5 Å². The Kier molecular flexibility index (Phi) is 4.94. The van der Waals surface area contributed by atoms with E-state index in [9.17, 15) is 0 Å². The Hall–Kier alpha value is -3.05. The van der Waals surface area contributed by atoms with Crippen LogP contribution in [0.1, 0.15) is 11.3 Å². The number of rotatable bonds is 6. The van der Waals surface area contributed by atoms with Crippen molar-refractivity contribution < 1.29 is 0 Å². The molecule has 0 spiro atoms. The number of aryl methyl sites for hydroxylation is 1. The molecule has 2 aromatic heterocycles. The van der Waals surface area contributed by atoms with Crippen molar-refractivity contribution in [1.29, 1.82) is 0 Å². The van der Waals surface area contributed by atoms with Crippen LogP contribution in [0.4, 0.5) is 17.5 Å². The number of fused-ring (bicyclic) bond motifs is 1. The molecule has 27 heavy (non-hydrogen) atoms. The van der Waals surface area contributed by atoms with Gasteiger partial charge in [0.05, 0.1) is 0 Å². The quantitative estimate of drug-likeness (QED) is 0.425. The lowest BCUT2D eigenvalue weighted by Gasteiger charge is -2.10. The summed E-state index contributed by atoms with van der Waals surface area (Å²) < 4.78 is 0. The van der Waals surface area contributed by atoms with Crippen LogP contribution < -0.4 is 10.6 Å². The fraction of sp³-hybridized carbons (Fsp3) is 0.143. The minimum atomic E-state index is 0.562. The zero-order valence-electron chi connectivity index (χ0n) is 15.0. The number of para-hydroxylation sites is 1. The fourth-order valence-electron chi connectivity index (χ4n) is 3.04. The van der Waals surface area contributed by atoms with Crippen molar-refractivity contribution in [3.05, 3.63) is 77.1 Å². The van der Waals surface area contributed by atoms with Crippen LogP contribution in [0.5, 0.6) is 0 Å². The molecule has 0 aliphatic heterocycles. The maximum Gasteiger partial charge on any atom is 0.229 e.